The Bertz CT molecular complexity index is 1040. The van der Waals surface area contributed by atoms with Gasteiger partial charge < -0.3 is 15.0 Å². The van der Waals surface area contributed by atoms with E-state index in [2.05, 4.69) is 12.2 Å². The Morgan fingerprint density at radius 3 is 2.15 bits per heavy atom. The lowest BCUT2D eigenvalue weighted by molar-refractivity contribution is -0.142. The van der Waals surface area contributed by atoms with Crippen LogP contribution in [0.1, 0.15) is 36.5 Å². The lowest BCUT2D eigenvalue weighted by Crippen LogP contribution is -2.51. The molecule has 0 aliphatic carbocycles. The van der Waals surface area contributed by atoms with Crippen molar-refractivity contribution >= 4 is 11.8 Å². The number of aryl methyl sites for hydroxylation is 1. The molecule has 1 N–H and O–H groups in total. The van der Waals surface area contributed by atoms with Gasteiger partial charge in [0.15, 0.2) is 6.61 Å². The van der Waals surface area contributed by atoms with E-state index in [9.17, 15) is 9.59 Å². The summed E-state index contributed by atoms with van der Waals surface area (Å²) in [5.41, 5.74) is 2.93. The highest BCUT2D eigenvalue weighted by molar-refractivity contribution is 5.88. The number of nitrogens with one attached hydrogen (secondary N) is 1. The predicted molar refractivity (Wildman–Crippen MR) is 136 cm³/mol. The number of hydrogen-bond donors (Lipinski definition) is 1. The second-order valence-electron chi connectivity index (χ2n) is 8.41. The first-order valence-electron chi connectivity index (χ1n) is 11.9. The summed E-state index contributed by atoms with van der Waals surface area (Å²) in [5, 5.41) is 3.03. The first-order valence-corrected chi connectivity index (χ1v) is 11.9. The summed E-state index contributed by atoms with van der Waals surface area (Å²) < 4.78 is 5.87. The molecule has 0 aromatic heterocycles. The number of carbonyl (C=O) groups excluding carboxylic acids is 2. The number of benzene rings is 3. The number of nitrogens with zero attached hydrogens (tertiary/aromatic N) is 1. The fourth-order valence-corrected chi connectivity index (χ4v) is 3.78. The Balaban J connectivity index is 1.86. The van der Waals surface area contributed by atoms with Crippen molar-refractivity contribution in [3.63, 3.8) is 0 Å². The molecule has 34 heavy (non-hydrogen) atoms. The molecule has 178 valence electrons. The number of rotatable bonds is 12. The molecule has 3 aromatic rings. The van der Waals surface area contributed by atoms with Crippen molar-refractivity contribution < 1.29 is 14.3 Å². The van der Waals surface area contributed by atoms with Crippen LogP contribution in [-0.4, -0.2) is 35.9 Å². The summed E-state index contributed by atoms with van der Waals surface area (Å²) in [7, 11) is 0. The molecule has 0 aliphatic rings. The summed E-state index contributed by atoms with van der Waals surface area (Å²) in [6.45, 7) is 4.82. The third kappa shape index (κ3) is 7.48. The van der Waals surface area contributed by atoms with Gasteiger partial charge in [-0.1, -0.05) is 92.2 Å². The molecule has 3 rings (SSSR count). The molecule has 0 radical (unpaired) electrons. The molecule has 0 bridgehead atoms. The van der Waals surface area contributed by atoms with Crippen molar-refractivity contribution in [2.24, 2.45) is 0 Å². The summed E-state index contributed by atoms with van der Waals surface area (Å²) in [6.07, 6.45) is 2.31. The summed E-state index contributed by atoms with van der Waals surface area (Å²) >= 11 is 0. The van der Waals surface area contributed by atoms with Crippen LogP contribution < -0.4 is 10.1 Å². The van der Waals surface area contributed by atoms with Gasteiger partial charge in [0.1, 0.15) is 11.8 Å². The van der Waals surface area contributed by atoms with Crippen molar-refractivity contribution in [2.75, 3.05) is 13.2 Å². The third-order valence-electron chi connectivity index (χ3n) is 5.74. The average Bonchev–Trinajstić information content (AvgIpc) is 2.87. The zero-order valence-electron chi connectivity index (χ0n) is 20.1. The van der Waals surface area contributed by atoms with Gasteiger partial charge in [0.05, 0.1) is 0 Å². The van der Waals surface area contributed by atoms with Crippen LogP contribution in [0, 0.1) is 6.92 Å². The van der Waals surface area contributed by atoms with E-state index in [4.69, 9.17) is 4.74 Å². The van der Waals surface area contributed by atoms with Gasteiger partial charge in [0.2, 0.25) is 5.91 Å². The maximum absolute atomic E-state index is 13.5. The van der Waals surface area contributed by atoms with Crippen molar-refractivity contribution in [1.29, 1.82) is 0 Å². The first kappa shape index (κ1) is 25.0. The Morgan fingerprint density at radius 2 is 1.50 bits per heavy atom. The molecule has 0 saturated heterocycles. The van der Waals surface area contributed by atoms with E-state index >= 15 is 0 Å². The average molecular weight is 459 g/mol. The van der Waals surface area contributed by atoms with Crippen molar-refractivity contribution in [3.8, 4) is 5.75 Å². The maximum Gasteiger partial charge on any atom is 0.261 e. The van der Waals surface area contributed by atoms with E-state index in [0.29, 0.717) is 25.3 Å². The largest absolute Gasteiger partial charge is 0.484 e. The Labute approximate surface area is 202 Å². The lowest BCUT2D eigenvalue weighted by Gasteiger charge is -2.31. The second kappa shape index (κ2) is 13.2. The maximum atomic E-state index is 13.5. The van der Waals surface area contributed by atoms with Crippen LogP contribution >= 0.6 is 0 Å². The molecule has 0 fully saturated rings. The zero-order valence-corrected chi connectivity index (χ0v) is 20.1. The van der Waals surface area contributed by atoms with Crippen LogP contribution in [0.5, 0.6) is 5.75 Å². The number of para-hydroxylation sites is 1. The number of hydrogen-bond acceptors (Lipinski definition) is 3. The van der Waals surface area contributed by atoms with E-state index in [1.807, 2.05) is 91.9 Å². The van der Waals surface area contributed by atoms with Crippen LogP contribution in [0.3, 0.4) is 0 Å². The van der Waals surface area contributed by atoms with Gasteiger partial charge in [-0.05, 0) is 36.1 Å². The highest BCUT2D eigenvalue weighted by Crippen LogP contribution is 2.18. The number of ether oxygens (including phenoxy) is 1. The summed E-state index contributed by atoms with van der Waals surface area (Å²) in [5.74, 6) is 0.304. The van der Waals surface area contributed by atoms with Crippen molar-refractivity contribution in [1.82, 2.24) is 10.2 Å². The van der Waals surface area contributed by atoms with Gasteiger partial charge in [-0.3, -0.25) is 9.59 Å². The Morgan fingerprint density at radius 1 is 0.882 bits per heavy atom. The molecule has 0 spiro atoms. The summed E-state index contributed by atoms with van der Waals surface area (Å²) in [6, 6.07) is 26.5. The number of amides is 2. The second-order valence-corrected chi connectivity index (χ2v) is 8.41. The van der Waals surface area contributed by atoms with Gasteiger partial charge in [0, 0.05) is 19.5 Å². The topological polar surface area (TPSA) is 58.6 Å². The van der Waals surface area contributed by atoms with E-state index in [1.165, 1.54) is 0 Å². The molecule has 3 aromatic carbocycles. The monoisotopic (exact) mass is 458 g/mol. The fourth-order valence-electron chi connectivity index (χ4n) is 3.78. The first-order chi connectivity index (χ1) is 16.6. The molecule has 0 aliphatic heterocycles. The highest BCUT2D eigenvalue weighted by atomic mass is 16.5. The SMILES string of the molecule is CCCCNC(=O)[C@@H](Cc1ccccc1)N(Cc1ccccc1)C(=O)COc1ccccc1C. The minimum Gasteiger partial charge on any atom is -0.484 e. The standard InChI is InChI=1S/C29H34N2O3/c1-3-4-19-30-29(33)26(20-24-14-7-5-8-15-24)31(21-25-16-9-6-10-17-25)28(32)22-34-27-18-12-11-13-23(27)2/h5-18,26H,3-4,19-22H2,1-2H3,(H,30,33)/t26-/m1/s1. The molecule has 5 nitrogen and oxygen atoms in total. The van der Waals surface area contributed by atoms with Crippen molar-refractivity contribution in [2.45, 2.75) is 45.7 Å². The van der Waals surface area contributed by atoms with Crippen LogP contribution in [-0.2, 0) is 22.6 Å². The van der Waals surface area contributed by atoms with Gasteiger partial charge in [-0.25, -0.2) is 0 Å². The summed E-state index contributed by atoms with van der Waals surface area (Å²) in [4.78, 5) is 28.5. The molecular weight excluding hydrogens is 424 g/mol. The van der Waals surface area contributed by atoms with Gasteiger partial charge in [-0.15, -0.1) is 0 Å². The Hall–Kier alpha value is -3.60. The normalized spacial score (nSPS) is 11.5. The van der Waals surface area contributed by atoms with E-state index in [0.717, 1.165) is 29.5 Å². The molecule has 5 heteroatoms. The zero-order chi connectivity index (χ0) is 24.2. The minimum atomic E-state index is -0.646. The highest BCUT2D eigenvalue weighted by Gasteiger charge is 2.30. The van der Waals surface area contributed by atoms with Crippen LogP contribution in [0.2, 0.25) is 0 Å². The molecule has 0 heterocycles. The third-order valence-corrected chi connectivity index (χ3v) is 5.74. The van der Waals surface area contributed by atoms with Crippen LogP contribution in [0.15, 0.2) is 84.9 Å². The predicted octanol–water partition coefficient (Wildman–Crippen LogP) is 4.93. The van der Waals surface area contributed by atoms with Crippen LogP contribution in [0.25, 0.3) is 0 Å². The number of carbonyl (C=O) groups is 2. The molecule has 0 saturated carbocycles. The Kier molecular flexibility index (Phi) is 9.71. The quantitative estimate of drug-likeness (QED) is 0.392. The molecule has 0 unspecified atom stereocenters. The smallest absolute Gasteiger partial charge is 0.261 e. The van der Waals surface area contributed by atoms with Gasteiger partial charge >= 0.3 is 0 Å². The van der Waals surface area contributed by atoms with E-state index in [-0.39, 0.29) is 18.4 Å². The fraction of sp³-hybridized carbons (Fsp3) is 0.310. The van der Waals surface area contributed by atoms with Crippen molar-refractivity contribution in [3.05, 3.63) is 102 Å². The van der Waals surface area contributed by atoms with Gasteiger partial charge in [0.25, 0.3) is 5.91 Å². The molecule has 2 amide bonds. The molecular formula is C29H34N2O3. The molecule has 1 atom stereocenters. The van der Waals surface area contributed by atoms with Crippen LogP contribution in [0.4, 0.5) is 0 Å². The van der Waals surface area contributed by atoms with E-state index in [1.54, 1.807) is 4.90 Å². The number of unbranched alkanes of at least 4 members (excludes halogenated alkanes) is 1. The minimum absolute atomic E-state index is 0.134. The van der Waals surface area contributed by atoms with E-state index < -0.39 is 6.04 Å². The lowest BCUT2D eigenvalue weighted by atomic mass is 10.0. The van der Waals surface area contributed by atoms with Gasteiger partial charge in [-0.2, -0.15) is 0 Å².